The summed E-state index contributed by atoms with van der Waals surface area (Å²) in [7, 11) is 0. The van der Waals surface area contributed by atoms with Gasteiger partial charge in [0.1, 0.15) is 11.4 Å². The van der Waals surface area contributed by atoms with Crippen molar-refractivity contribution in [2.24, 2.45) is 0 Å². The molecule has 0 unspecified atom stereocenters. The fourth-order valence-corrected chi connectivity index (χ4v) is 2.70. The van der Waals surface area contributed by atoms with E-state index in [1.807, 2.05) is 5.32 Å². The van der Waals surface area contributed by atoms with Crippen molar-refractivity contribution in [1.82, 2.24) is 9.55 Å². The predicted octanol–water partition coefficient (Wildman–Crippen LogP) is 3.59. The molecule has 1 aromatic heterocycles. The zero-order valence-corrected chi connectivity index (χ0v) is 14.9. The topological polar surface area (TPSA) is 84.0 Å². The van der Waals surface area contributed by atoms with E-state index in [1.54, 1.807) is 0 Å². The Morgan fingerprint density at radius 1 is 1.10 bits per heavy atom. The molecule has 2 aromatic carbocycles. The minimum atomic E-state index is -4.74. The van der Waals surface area contributed by atoms with Gasteiger partial charge in [-0.3, -0.25) is 9.59 Å². The Morgan fingerprint density at radius 2 is 1.79 bits per heavy atom. The van der Waals surface area contributed by atoms with E-state index >= 15 is 0 Å². The highest BCUT2D eigenvalue weighted by Crippen LogP contribution is 2.34. The number of halogens is 5. The van der Waals surface area contributed by atoms with Gasteiger partial charge in [0.25, 0.3) is 11.5 Å². The van der Waals surface area contributed by atoms with Crippen molar-refractivity contribution in [1.29, 1.82) is 0 Å². The lowest BCUT2D eigenvalue weighted by Gasteiger charge is -2.13. The summed E-state index contributed by atoms with van der Waals surface area (Å²) in [6, 6.07) is 7.19. The number of para-hydroxylation sites is 1. The molecule has 150 valence electrons. The summed E-state index contributed by atoms with van der Waals surface area (Å²) in [4.78, 5) is 39.2. The maximum Gasteiger partial charge on any atom is 0.418 e. The second kappa shape index (κ2) is 7.55. The smallest absolute Gasteiger partial charge is 0.321 e. The lowest BCUT2D eigenvalue weighted by molar-refractivity contribution is -0.136. The minimum Gasteiger partial charge on any atom is -0.321 e. The second-order valence-electron chi connectivity index (χ2n) is 5.74. The highest BCUT2D eigenvalue weighted by atomic mass is 35.5. The van der Waals surface area contributed by atoms with Gasteiger partial charge >= 0.3 is 11.9 Å². The summed E-state index contributed by atoms with van der Waals surface area (Å²) in [6.45, 7) is 0. The Kier molecular flexibility index (Phi) is 5.29. The van der Waals surface area contributed by atoms with Crippen molar-refractivity contribution in [2.75, 3.05) is 5.32 Å². The maximum atomic E-state index is 13.3. The Hall–Kier alpha value is -3.40. The van der Waals surface area contributed by atoms with E-state index < -0.39 is 46.0 Å². The van der Waals surface area contributed by atoms with Crippen LogP contribution in [-0.4, -0.2) is 15.5 Å². The summed E-state index contributed by atoms with van der Waals surface area (Å²) >= 11 is 5.65. The molecule has 0 spiro atoms. The van der Waals surface area contributed by atoms with Crippen LogP contribution in [0.2, 0.25) is 5.02 Å². The highest BCUT2D eigenvalue weighted by molar-refractivity contribution is 6.30. The highest BCUT2D eigenvalue weighted by Gasteiger charge is 2.33. The quantitative estimate of drug-likeness (QED) is 0.627. The number of alkyl halides is 3. The lowest BCUT2D eigenvalue weighted by atomic mass is 10.1. The first-order chi connectivity index (χ1) is 13.6. The molecule has 6 nitrogen and oxygen atoms in total. The Bertz CT molecular complexity index is 1220. The molecule has 11 heteroatoms. The van der Waals surface area contributed by atoms with Gasteiger partial charge in [0.15, 0.2) is 0 Å². The average molecular weight is 428 g/mol. The Morgan fingerprint density at radius 3 is 2.45 bits per heavy atom. The number of aromatic amines is 1. The van der Waals surface area contributed by atoms with Gasteiger partial charge < -0.3 is 10.3 Å². The van der Waals surface area contributed by atoms with Crippen LogP contribution in [0.1, 0.15) is 15.9 Å². The molecule has 0 bridgehead atoms. The number of carbonyl (C=O) groups excluding carboxylic acids is 1. The number of rotatable bonds is 3. The largest absolute Gasteiger partial charge is 0.418 e. The minimum absolute atomic E-state index is 0.131. The van der Waals surface area contributed by atoms with E-state index in [2.05, 4.69) is 4.98 Å². The maximum absolute atomic E-state index is 13.3. The normalized spacial score (nSPS) is 11.3. The van der Waals surface area contributed by atoms with Crippen LogP contribution in [0.25, 0.3) is 5.69 Å². The third kappa shape index (κ3) is 4.06. The van der Waals surface area contributed by atoms with E-state index in [4.69, 9.17) is 11.6 Å². The number of aromatic nitrogens is 2. The van der Waals surface area contributed by atoms with Crippen LogP contribution in [0.15, 0.2) is 58.3 Å². The van der Waals surface area contributed by atoms with Gasteiger partial charge in [-0.1, -0.05) is 23.7 Å². The molecule has 0 saturated heterocycles. The van der Waals surface area contributed by atoms with Crippen molar-refractivity contribution >= 4 is 23.2 Å². The Labute approximate surface area is 164 Å². The monoisotopic (exact) mass is 427 g/mol. The SMILES string of the molecule is O=C(Nc1ccccc1C(F)(F)F)c1c[nH]c(=O)n(-c2ccc(F)c(Cl)c2)c1=O. The molecule has 1 heterocycles. The summed E-state index contributed by atoms with van der Waals surface area (Å²) in [5, 5.41) is 1.64. The van der Waals surface area contributed by atoms with Crippen LogP contribution in [0.5, 0.6) is 0 Å². The third-order valence-electron chi connectivity index (χ3n) is 3.86. The first-order valence-corrected chi connectivity index (χ1v) is 8.25. The van der Waals surface area contributed by atoms with E-state index in [0.717, 1.165) is 42.6 Å². The molecule has 0 saturated carbocycles. The zero-order chi connectivity index (χ0) is 21.3. The zero-order valence-electron chi connectivity index (χ0n) is 14.2. The van der Waals surface area contributed by atoms with Gasteiger partial charge in [-0.05, 0) is 30.3 Å². The molecule has 0 aliphatic heterocycles. The molecule has 1 amide bonds. The fraction of sp³-hybridized carbons (Fsp3) is 0.0556. The van der Waals surface area contributed by atoms with Crippen molar-refractivity contribution in [2.45, 2.75) is 6.18 Å². The lowest BCUT2D eigenvalue weighted by Crippen LogP contribution is -2.38. The molecule has 0 aliphatic rings. The summed E-state index contributed by atoms with van der Waals surface area (Å²) in [5.41, 5.74) is -4.52. The number of benzene rings is 2. The molecular weight excluding hydrogens is 418 g/mol. The molecule has 29 heavy (non-hydrogen) atoms. The fourth-order valence-electron chi connectivity index (χ4n) is 2.52. The summed E-state index contributed by atoms with van der Waals surface area (Å²) in [6.07, 6.45) is -3.96. The van der Waals surface area contributed by atoms with Crippen molar-refractivity contribution in [3.63, 3.8) is 0 Å². The van der Waals surface area contributed by atoms with Gasteiger partial charge in [-0.15, -0.1) is 0 Å². The number of H-pyrrole nitrogens is 1. The molecule has 0 radical (unpaired) electrons. The number of nitrogens with zero attached hydrogens (tertiary/aromatic N) is 1. The van der Waals surface area contributed by atoms with Crippen molar-refractivity contribution in [3.05, 3.63) is 91.5 Å². The third-order valence-corrected chi connectivity index (χ3v) is 4.15. The number of carbonyl (C=O) groups is 1. The molecule has 0 aliphatic carbocycles. The van der Waals surface area contributed by atoms with Crippen LogP contribution >= 0.6 is 11.6 Å². The average Bonchev–Trinajstić information content (AvgIpc) is 2.64. The van der Waals surface area contributed by atoms with E-state index in [-0.39, 0.29) is 10.7 Å². The van der Waals surface area contributed by atoms with Gasteiger partial charge in [0.05, 0.1) is 22.0 Å². The Balaban J connectivity index is 2.05. The van der Waals surface area contributed by atoms with Crippen molar-refractivity contribution in [3.8, 4) is 5.69 Å². The molecule has 3 aromatic rings. The summed E-state index contributed by atoms with van der Waals surface area (Å²) in [5.74, 6) is -1.97. The molecule has 0 fully saturated rings. The van der Waals surface area contributed by atoms with Crippen LogP contribution < -0.4 is 16.6 Å². The number of anilines is 1. The van der Waals surface area contributed by atoms with E-state index in [9.17, 15) is 31.9 Å². The molecule has 0 atom stereocenters. The first-order valence-electron chi connectivity index (χ1n) is 7.87. The van der Waals surface area contributed by atoms with E-state index in [1.165, 1.54) is 6.07 Å². The molecule has 3 rings (SSSR count). The first kappa shape index (κ1) is 20.3. The van der Waals surface area contributed by atoms with Gasteiger partial charge in [-0.25, -0.2) is 13.8 Å². The van der Waals surface area contributed by atoms with Crippen LogP contribution in [-0.2, 0) is 6.18 Å². The molecular formula is C18H10ClF4N3O3. The summed E-state index contributed by atoms with van der Waals surface area (Å²) < 4.78 is 53.1. The van der Waals surface area contributed by atoms with Gasteiger partial charge in [-0.2, -0.15) is 13.2 Å². The standard InChI is InChI=1S/C18H10ClF4N3O3/c19-12-7-9(5-6-13(12)20)26-16(28)10(8-24-17(26)29)15(27)25-14-4-2-1-3-11(14)18(21,22)23/h1-8H,(H,24,29)(H,25,27). The van der Waals surface area contributed by atoms with E-state index in [0.29, 0.717) is 4.57 Å². The second-order valence-corrected chi connectivity index (χ2v) is 6.15. The van der Waals surface area contributed by atoms with Gasteiger partial charge in [0.2, 0.25) is 0 Å². The number of nitrogens with one attached hydrogen (secondary N) is 2. The molecule has 2 N–H and O–H groups in total. The van der Waals surface area contributed by atoms with Crippen molar-refractivity contribution < 1.29 is 22.4 Å². The van der Waals surface area contributed by atoms with Crippen LogP contribution in [0.3, 0.4) is 0 Å². The number of amides is 1. The number of hydrogen-bond acceptors (Lipinski definition) is 3. The predicted molar refractivity (Wildman–Crippen MR) is 97.0 cm³/mol. The number of hydrogen-bond donors (Lipinski definition) is 2. The van der Waals surface area contributed by atoms with Crippen LogP contribution in [0, 0.1) is 5.82 Å². The van der Waals surface area contributed by atoms with Crippen LogP contribution in [0.4, 0.5) is 23.2 Å². The van der Waals surface area contributed by atoms with Gasteiger partial charge in [0, 0.05) is 6.20 Å².